The summed E-state index contributed by atoms with van der Waals surface area (Å²) in [6.45, 7) is 4.34. The van der Waals surface area contributed by atoms with E-state index in [1.807, 2.05) is 6.07 Å². The summed E-state index contributed by atoms with van der Waals surface area (Å²) in [5.74, 6) is 0.671. The van der Waals surface area contributed by atoms with Crippen molar-refractivity contribution in [1.82, 2.24) is 10.5 Å². The highest BCUT2D eigenvalue weighted by atomic mass is 32.2. The van der Waals surface area contributed by atoms with Gasteiger partial charge in [-0.1, -0.05) is 43.5 Å². The molecule has 1 heterocycles. The minimum absolute atomic E-state index is 0.0312. The molecule has 9 nitrogen and oxygen atoms in total. The fourth-order valence-corrected chi connectivity index (χ4v) is 4.35. The lowest BCUT2D eigenvalue weighted by molar-refractivity contribution is 0.0973. The molecule has 11 heteroatoms. The number of rotatable bonds is 11. The number of anilines is 2. The first-order valence-electron chi connectivity index (χ1n) is 11.2. The summed E-state index contributed by atoms with van der Waals surface area (Å²) in [5.41, 5.74) is 0.884. The van der Waals surface area contributed by atoms with Gasteiger partial charge in [0.2, 0.25) is 0 Å². The molecule has 3 rings (SSSR count). The number of unbranched alkanes of at least 4 members (excludes halogenated alkanes) is 3. The first kappa shape index (κ1) is 26.2. The van der Waals surface area contributed by atoms with E-state index < -0.39 is 15.9 Å². The van der Waals surface area contributed by atoms with E-state index in [0.717, 1.165) is 25.7 Å². The quantitative estimate of drug-likeness (QED) is 0.244. The van der Waals surface area contributed by atoms with Crippen molar-refractivity contribution in [2.24, 2.45) is 0 Å². The number of hydrogen-bond acceptors (Lipinski definition) is 7. The number of hydrogen-bond donors (Lipinski definition) is 3. The zero-order chi connectivity index (χ0) is 25.3. The molecule has 0 aliphatic rings. The molecule has 0 spiro atoms. The Labute approximate surface area is 210 Å². The minimum atomic E-state index is -3.83. The molecule has 1 aromatic heterocycles. The summed E-state index contributed by atoms with van der Waals surface area (Å²) in [4.78, 5) is 12.8. The maximum Gasteiger partial charge on any atom is 0.263 e. The Morgan fingerprint density at radius 3 is 2.51 bits per heavy atom. The van der Waals surface area contributed by atoms with Crippen LogP contribution in [0.5, 0.6) is 5.75 Å². The van der Waals surface area contributed by atoms with E-state index in [0.29, 0.717) is 29.4 Å². The van der Waals surface area contributed by atoms with Gasteiger partial charge in [0.25, 0.3) is 15.9 Å². The van der Waals surface area contributed by atoms with Crippen LogP contribution < -0.4 is 20.1 Å². The third-order valence-electron chi connectivity index (χ3n) is 4.90. The smallest absolute Gasteiger partial charge is 0.263 e. The number of para-hydroxylation sites is 1. The summed E-state index contributed by atoms with van der Waals surface area (Å²) in [6.07, 6.45) is 4.29. The van der Waals surface area contributed by atoms with E-state index in [9.17, 15) is 13.2 Å². The number of carbonyl (C=O) groups excluding carboxylic acids is 1. The second kappa shape index (κ2) is 12.3. The Balaban J connectivity index is 1.56. The highest BCUT2D eigenvalue weighted by Gasteiger charge is 2.17. The van der Waals surface area contributed by atoms with Crippen LogP contribution in [0.2, 0.25) is 0 Å². The number of ether oxygens (including phenoxy) is 1. The number of benzene rings is 2. The van der Waals surface area contributed by atoms with Gasteiger partial charge in [0, 0.05) is 11.8 Å². The van der Waals surface area contributed by atoms with Crippen molar-refractivity contribution >= 4 is 44.8 Å². The van der Waals surface area contributed by atoms with Gasteiger partial charge in [-0.05, 0) is 62.0 Å². The van der Waals surface area contributed by atoms with Crippen molar-refractivity contribution in [3.8, 4) is 5.75 Å². The van der Waals surface area contributed by atoms with E-state index in [1.54, 1.807) is 25.1 Å². The molecular weight excluding hydrogens is 488 g/mol. The highest BCUT2D eigenvalue weighted by molar-refractivity contribution is 7.92. The van der Waals surface area contributed by atoms with Crippen molar-refractivity contribution in [1.29, 1.82) is 0 Å². The van der Waals surface area contributed by atoms with Crippen LogP contribution in [-0.2, 0) is 10.0 Å². The van der Waals surface area contributed by atoms with Crippen molar-refractivity contribution < 1.29 is 22.5 Å². The fourth-order valence-electron chi connectivity index (χ4n) is 3.15. The maximum atomic E-state index is 12.7. The van der Waals surface area contributed by atoms with E-state index in [2.05, 4.69) is 27.4 Å². The van der Waals surface area contributed by atoms with Crippen LogP contribution in [0, 0.1) is 6.92 Å². The van der Waals surface area contributed by atoms with E-state index >= 15 is 0 Å². The number of carbonyl (C=O) groups is 1. The number of thiocarbonyl (C=S) groups is 1. The number of sulfonamides is 1. The SMILES string of the molecule is CCCCCCOc1ccccc1C(=O)NC(=S)Nc1ccc(S(=O)(=O)Nc2cc(C)on2)cc1. The van der Waals surface area contributed by atoms with Gasteiger partial charge in [0.1, 0.15) is 11.5 Å². The average Bonchev–Trinajstić information content (AvgIpc) is 3.23. The monoisotopic (exact) mass is 516 g/mol. The van der Waals surface area contributed by atoms with Gasteiger partial charge in [-0.25, -0.2) is 8.42 Å². The van der Waals surface area contributed by atoms with Crippen LogP contribution in [-0.4, -0.2) is 31.2 Å². The maximum absolute atomic E-state index is 12.7. The Kier molecular flexibility index (Phi) is 9.21. The molecule has 0 unspecified atom stereocenters. The lowest BCUT2D eigenvalue weighted by atomic mass is 10.2. The third-order valence-corrected chi connectivity index (χ3v) is 6.48. The van der Waals surface area contributed by atoms with E-state index in [-0.39, 0.29) is 15.8 Å². The Bertz CT molecular complexity index is 1260. The Morgan fingerprint density at radius 2 is 1.83 bits per heavy atom. The third kappa shape index (κ3) is 7.79. The predicted molar refractivity (Wildman–Crippen MR) is 138 cm³/mol. The molecule has 0 aliphatic heterocycles. The van der Waals surface area contributed by atoms with E-state index in [1.165, 1.54) is 30.3 Å². The van der Waals surface area contributed by atoms with Gasteiger partial charge in [-0.15, -0.1) is 0 Å². The molecule has 0 atom stereocenters. The first-order chi connectivity index (χ1) is 16.8. The minimum Gasteiger partial charge on any atom is -0.493 e. The number of nitrogens with one attached hydrogen (secondary N) is 3. The summed E-state index contributed by atoms with van der Waals surface area (Å²) >= 11 is 5.25. The van der Waals surface area contributed by atoms with Gasteiger partial charge in [0.05, 0.1) is 17.1 Å². The molecule has 0 radical (unpaired) electrons. The van der Waals surface area contributed by atoms with Crippen molar-refractivity contribution in [3.05, 3.63) is 65.9 Å². The second-order valence-corrected chi connectivity index (χ2v) is 9.86. The van der Waals surface area contributed by atoms with Crippen LogP contribution in [0.15, 0.2) is 64.0 Å². The molecular formula is C24H28N4O5S2. The number of aryl methyl sites for hydroxylation is 1. The lowest BCUT2D eigenvalue weighted by Gasteiger charge is -2.13. The largest absolute Gasteiger partial charge is 0.493 e. The summed E-state index contributed by atoms with van der Waals surface area (Å²) in [5, 5.41) is 9.20. The predicted octanol–water partition coefficient (Wildman–Crippen LogP) is 4.87. The zero-order valence-corrected chi connectivity index (χ0v) is 21.2. The van der Waals surface area contributed by atoms with Crippen molar-refractivity contribution in [3.63, 3.8) is 0 Å². The van der Waals surface area contributed by atoms with Crippen LogP contribution in [0.1, 0.15) is 48.7 Å². The van der Waals surface area contributed by atoms with Crippen LogP contribution >= 0.6 is 12.2 Å². The standard InChI is InChI=1S/C24H28N4O5S2/c1-3-4-5-8-15-32-21-10-7-6-9-20(21)23(29)26-24(34)25-18-11-13-19(14-12-18)35(30,31)28-22-16-17(2)33-27-22/h6-7,9-14,16H,3-5,8,15H2,1-2H3,(H,27,28)(H2,25,26,29,34). The molecule has 2 aromatic carbocycles. The van der Waals surface area contributed by atoms with Gasteiger partial charge in [-0.3, -0.25) is 14.8 Å². The molecule has 186 valence electrons. The van der Waals surface area contributed by atoms with Crippen LogP contribution in [0.25, 0.3) is 0 Å². The Hall–Kier alpha value is -3.44. The molecule has 0 saturated heterocycles. The molecule has 0 bridgehead atoms. The molecule has 3 aromatic rings. The summed E-state index contributed by atoms with van der Waals surface area (Å²) in [6, 6.07) is 14.3. The van der Waals surface area contributed by atoms with Crippen molar-refractivity contribution in [2.75, 3.05) is 16.6 Å². The normalized spacial score (nSPS) is 11.0. The lowest BCUT2D eigenvalue weighted by Crippen LogP contribution is -2.34. The highest BCUT2D eigenvalue weighted by Crippen LogP contribution is 2.20. The fraction of sp³-hybridized carbons (Fsp3) is 0.292. The topological polar surface area (TPSA) is 123 Å². The first-order valence-corrected chi connectivity index (χ1v) is 13.1. The molecule has 0 fully saturated rings. The molecule has 1 amide bonds. The van der Waals surface area contributed by atoms with Crippen LogP contribution in [0.3, 0.4) is 0 Å². The molecule has 35 heavy (non-hydrogen) atoms. The second-order valence-electron chi connectivity index (χ2n) is 7.77. The van der Waals surface area contributed by atoms with Gasteiger partial charge in [0.15, 0.2) is 10.9 Å². The van der Waals surface area contributed by atoms with Crippen molar-refractivity contribution in [2.45, 2.75) is 44.4 Å². The average molecular weight is 517 g/mol. The van der Waals surface area contributed by atoms with Gasteiger partial charge in [-0.2, -0.15) is 0 Å². The van der Waals surface area contributed by atoms with Gasteiger partial charge >= 0.3 is 0 Å². The van der Waals surface area contributed by atoms with Crippen LogP contribution in [0.4, 0.5) is 11.5 Å². The Morgan fingerprint density at radius 1 is 1.09 bits per heavy atom. The number of nitrogens with zero attached hydrogens (tertiary/aromatic N) is 1. The zero-order valence-electron chi connectivity index (χ0n) is 19.5. The molecule has 0 saturated carbocycles. The van der Waals surface area contributed by atoms with E-state index in [4.69, 9.17) is 21.5 Å². The van der Waals surface area contributed by atoms with Gasteiger partial charge < -0.3 is 14.6 Å². The summed E-state index contributed by atoms with van der Waals surface area (Å²) < 4.78 is 38.0. The summed E-state index contributed by atoms with van der Waals surface area (Å²) in [7, 11) is -3.83. The number of amides is 1. The number of aromatic nitrogens is 1. The molecule has 0 aliphatic carbocycles. The molecule has 3 N–H and O–H groups in total.